The molecule has 2 aliphatic rings. The van der Waals surface area contributed by atoms with E-state index in [0.717, 1.165) is 51.9 Å². The van der Waals surface area contributed by atoms with Crippen molar-refractivity contribution in [2.45, 2.75) is 37.9 Å². The summed E-state index contributed by atoms with van der Waals surface area (Å²) >= 11 is 0. The first-order chi connectivity index (χ1) is 9.47. The molecule has 1 atom stereocenters. The summed E-state index contributed by atoms with van der Waals surface area (Å²) in [5.41, 5.74) is 0. The molecule has 2 rings (SSSR count). The second kappa shape index (κ2) is 6.76. The normalized spacial score (nSPS) is 26.4. The first-order valence-corrected chi connectivity index (χ1v) is 7.15. The molecule has 0 spiro atoms. The van der Waals surface area contributed by atoms with Gasteiger partial charge in [0.15, 0.2) is 0 Å². The Morgan fingerprint density at radius 1 is 1.25 bits per heavy atom. The fraction of sp³-hybridized carbons (Fsp3) is 0.923. The van der Waals surface area contributed by atoms with Crippen molar-refractivity contribution >= 4 is 5.97 Å². The Kier molecular flexibility index (Phi) is 5.26. The van der Waals surface area contributed by atoms with Crippen LogP contribution in [0.4, 0.5) is 13.2 Å². The third-order valence-corrected chi connectivity index (χ3v) is 4.06. The maximum atomic E-state index is 12.1. The molecule has 0 amide bonds. The second-order valence-electron chi connectivity index (χ2n) is 5.58. The summed E-state index contributed by atoms with van der Waals surface area (Å²) in [7, 11) is 0. The monoisotopic (exact) mass is 294 g/mol. The van der Waals surface area contributed by atoms with E-state index in [9.17, 15) is 18.0 Å². The van der Waals surface area contributed by atoms with E-state index >= 15 is 0 Å². The predicted molar refractivity (Wildman–Crippen MR) is 67.2 cm³/mol. The third kappa shape index (κ3) is 4.34. The van der Waals surface area contributed by atoms with Crippen LogP contribution >= 0.6 is 0 Å². The van der Waals surface area contributed by atoms with E-state index in [1.165, 1.54) is 0 Å². The van der Waals surface area contributed by atoms with Gasteiger partial charge in [-0.25, -0.2) is 4.79 Å². The fourth-order valence-electron chi connectivity index (χ4n) is 3.01. The first kappa shape index (κ1) is 15.6. The molecule has 4 nitrogen and oxygen atoms in total. The van der Waals surface area contributed by atoms with Crippen molar-refractivity contribution in [3.63, 3.8) is 0 Å². The Balaban J connectivity index is 1.77. The van der Waals surface area contributed by atoms with Gasteiger partial charge in [0.1, 0.15) is 0 Å². The molecule has 20 heavy (non-hydrogen) atoms. The number of piperidine rings is 2. The lowest BCUT2D eigenvalue weighted by atomic mass is 9.95. The standard InChI is InChI=1S/C13H21F3N2O2/c14-13(15,16)12(19)20-9-10-2-1-7-18(8-10)11-3-5-17-6-4-11/h10-11,17H,1-9H2. The molecule has 7 heteroatoms. The average Bonchev–Trinajstić information content (AvgIpc) is 2.45. The molecule has 0 saturated carbocycles. The lowest BCUT2D eigenvalue weighted by Gasteiger charge is -2.40. The Morgan fingerprint density at radius 3 is 2.60 bits per heavy atom. The minimum absolute atomic E-state index is 0.0185. The summed E-state index contributed by atoms with van der Waals surface area (Å²) in [6.07, 6.45) is -0.946. The Hall–Kier alpha value is -0.820. The van der Waals surface area contributed by atoms with Crippen LogP contribution in [0.3, 0.4) is 0 Å². The van der Waals surface area contributed by atoms with E-state index in [4.69, 9.17) is 0 Å². The van der Waals surface area contributed by atoms with Gasteiger partial charge in [-0.05, 0) is 45.3 Å². The zero-order valence-electron chi connectivity index (χ0n) is 11.4. The Labute approximate surface area is 116 Å². The molecule has 0 bridgehead atoms. The minimum atomic E-state index is -4.89. The summed E-state index contributed by atoms with van der Waals surface area (Å²) in [5, 5.41) is 3.30. The number of esters is 1. The average molecular weight is 294 g/mol. The summed E-state index contributed by atoms with van der Waals surface area (Å²) in [6.45, 7) is 3.59. The van der Waals surface area contributed by atoms with Gasteiger partial charge in [0, 0.05) is 18.5 Å². The first-order valence-electron chi connectivity index (χ1n) is 7.15. The van der Waals surface area contributed by atoms with E-state index in [1.54, 1.807) is 0 Å². The molecular formula is C13H21F3N2O2. The quantitative estimate of drug-likeness (QED) is 0.802. The number of rotatable bonds is 3. The van der Waals surface area contributed by atoms with Gasteiger partial charge in [-0.15, -0.1) is 0 Å². The molecule has 2 fully saturated rings. The van der Waals surface area contributed by atoms with Crippen LogP contribution in [0, 0.1) is 5.92 Å². The number of likely N-dealkylation sites (tertiary alicyclic amines) is 1. The zero-order chi connectivity index (χ0) is 14.6. The van der Waals surface area contributed by atoms with Crippen molar-refractivity contribution in [3.8, 4) is 0 Å². The number of hydrogen-bond donors (Lipinski definition) is 1. The summed E-state index contributed by atoms with van der Waals surface area (Å²) in [4.78, 5) is 13.1. The largest absolute Gasteiger partial charge is 0.490 e. The number of carbonyl (C=O) groups excluding carboxylic acids is 1. The molecule has 116 valence electrons. The van der Waals surface area contributed by atoms with E-state index in [-0.39, 0.29) is 12.5 Å². The van der Waals surface area contributed by atoms with Gasteiger partial charge in [-0.3, -0.25) is 4.90 Å². The lowest BCUT2D eigenvalue weighted by Crippen LogP contribution is -2.48. The molecule has 2 aliphatic heterocycles. The maximum absolute atomic E-state index is 12.1. The van der Waals surface area contributed by atoms with Gasteiger partial charge in [0.25, 0.3) is 0 Å². The number of ether oxygens (including phenoxy) is 1. The van der Waals surface area contributed by atoms with Crippen LogP contribution < -0.4 is 5.32 Å². The summed E-state index contributed by atoms with van der Waals surface area (Å²) in [6, 6.07) is 0.511. The number of hydrogen-bond acceptors (Lipinski definition) is 4. The van der Waals surface area contributed by atoms with Crippen molar-refractivity contribution in [3.05, 3.63) is 0 Å². The topological polar surface area (TPSA) is 41.6 Å². The molecule has 0 aromatic rings. The smallest absolute Gasteiger partial charge is 0.459 e. The summed E-state index contributed by atoms with van der Waals surface area (Å²) in [5.74, 6) is -2.05. The number of alkyl halides is 3. The van der Waals surface area contributed by atoms with Crippen LogP contribution in [0.25, 0.3) is 0 Å². The lowest BCUT2D eigenvalue weighted by molar-refractivity contribution is -0.201. The molecule has 1 unspecified atom stereocenters. The van der Waals surface area contributed by atoms with E-state index < -0.39 is 12.1 Å². The van der Waals surface area contributed by atoms with Crippen molar-refractivity contribution in [2.24, 2.45) is 5.92 Å². The highest BCUT2D eigenvalue weighted by Crippen LogP contribution is 2.23. The van der Waals surface area contributed by atoms with Gasteiger partial charge in [0.05, 0.1) is 6.61 Å². The van der Waals surface area contributed by atoms with E-state index in [2.05, 4.69) is 15.0 Å². The predicted octanol–water partition coefficient (Wildman–Crippen LogP) is 1.56. The molecule has 2 heterocycles. The molecule has 0 aromatic carbocycles. The SMILES string of the molecule is O=C(OCC1CCCN(C2CCNCC2)C1)C(F)(F)F. The van der Waals surface area contributed by atoms with Crippen LogP contribution in [0.2, 0.25) is 0 Å². The highest BCUT2D eigenvalue weighted by molar-refractivity contribution is 5.75. The minimum Gasteiger partial charge on any atom is -0.459 e. The zero-order valence-corrected chi connectivity index (χ0v) is 11.4. The van der Waals surface area contributed by atoms with Gasteiger partial charge < -0.3 is 10.1 Å². The van der Waals surface area contributed by atoms with Gasteiger partial charge in [0.2, 0.25) is 0 Å². The van der Waals surface area contributed by atoms with Crippen LogP contribution in [-0.4, -0.2) is 55.9 Å². The highest BCUT2D eigenvalue weighted by atomic mass is 19.4. The van der Waals surface area contributed by atoms with Crippen molar-refractivity contribution < 1.29 is 22.7 Å². The maximum Gasteiger partial charge on any atom is 0.490 e. The van der Waals surface area contributed by atoms with E-state index in [0.29, 0.717) is 6.04 Å². The number of halogens is 3. The molecule has 0 aliphatic carbocycles. The van der Waals surface area contributed by atoms with Crippen molar-refractivity contribution in [2.75, 3.05) is 32.8 Å². The van der Waals surface area contributed by atoms with Gasteiger partial charge in [-0.2, -0.15) is 13.2 Å². The molecule has 0 radical (unpaired) electrons. The molecule has 1 N–H and O–H groups in total. The van der Waals surface area contributed by atoms with Crippen molar-refractivity contribution in [1.82, 2.24) is 10.2 Å². The second-order valence-corrected chi connectivity index (χ2v) is 5.58. The third-order valence-electron chi connectivity index (χ3n) is 4.06. The van der Waals surface area contributed by atoms with Crippen molar-refractivity contribution in [1.29, 1.82) is 0 Å². The number of nitrogens with zero attached hydrogens (tertiary/aromatic N) is 1. The van der Waals surface area contributed by atoms with E-state index in [1.807, 2.05) is 0 Å². The molecule has 0 aromatic heterocycles. The van der Waals surface area contributed by atoms with Gasteiger partial charge in [-0.1, -0.05) is 0 Å². The summed E-state index contributed by atoms with van der Waals surface area (Å²) < 4.78 is 40.6. The fourth-order valence-corrected chi connectivity index (χ4v) is 3.01. The van der Waals surface area contributed by atoms with Crippen LogP contribution in [0.5, 0.6) is 0 Å². The van der Waals surface area contributed by atoms with Crippen LogP contribution in [0.15, 0.2) is 0 Å². The highest BCUT2D eigenvalue weighted by Gasteiger charge is 2.41. The molecule has 2 saturated heterocycles. The number of nitrogens with one attached hydrogen (secondary N) is 1. The molecular weight excluding hydrogens is 273 g/mol. The number of carbonyl (C=O) groups is 1. The van der Waals surface area contributed by atoms with Crippen LogP contribution in [0.1, 0.15) is 25.7 Å². The Bertz CT molecular complexity index is 330. The van der Waals surface area contributed by atoms with Crippen LogP contribution in [-0.2, 0) is 9.53 Å². The Morgan fingerprint density at radius 2 is 1.95 bits per heavy atom. The van der Waals surface area contributed by atoms with Gasteiger partial charge >= 0.3 is 12.1 Å².